The van der Waals surface area contributed by atoms with E-state index in [1.54, 1.807) is 36.4 Å². The van der Waals surface area contributed by atoms with Crippen LogP contribution in [0.1, 0.15) is 41.1 Å². The molecule has 9 nitrogen and oxygen atoms in total. The number of benzene rings is 3. The number of carbonyl (C=O) groups excluding carboxylic acids is 1. The standard InChI is InChI=1S/C27H23Cl2N5O4S/c28-18-14-20(29)25-21(15-18)31-24(38-25)12-16-4-7-19(8-5-16)30-27(39)32-26(35)17-6-9-22(23(13-17)34(36)37)33-10-2-1-3-11-33/h4-9,13-15H,1-3,10-12H2,(H2,30,32,35,39). The van der Waals surface area contributed by atoms with Gasteiger partial charge in [0.25, 0.3) is 11.6 Å². The van der Waals surface area contributed by atoms with Crippen LogP contribution in [0.2, 0.25) is 10.0 Å². The molecule has 39 heavy (non-hydrogen) atoms. The van der Waals surface area contributed by atoms with Gasteiger partial charge in [0.15, 0.2) is 16.6 Å². The van der Waals surface area contributed by atoms with E-state index in [0.29, 0.717) is 44.8 Å². The summed E-state index contributed by atoms with van der Waals surface area (Å²) in [6.45, 7) is 1.52. The van der Waals surface area contributed by atoms with Gasteiger partial charge in [0, 0.05) is 41.9 Å². The number of halogens is 2. The Morgan fingerprint density at radius 2 is 1.82 bits per heavy atom. The van der Waals surface area contributed by atoms with Crippen molar-refractivity contribution in [3.05, 3.63) is 91.8 Å². The van der Waals surface area contributed by atoms with E-state index in [9.17, 15) is 14.9 Å². The predicted molar refractivity (Wildman–Crippen MR) is 156 cm³/mol. The molecule has 1 aliphatic heterocycles. The number of hydrogen-bond donors (Lipinski definition) is 2. The van der Waals surface area contributed by atoms with Crippen molar-refractivity contribution in [3.63, 3.8) is 0 Å². The summed E-state index contributed by atoms with van der Waals surface area (Å²) in [5.41, 5.74) is 3.26. The fourth-order valence-electron chi connectivity index (χ4n) is 4.51. The van der Waals surface area contributed by atoms with Gasteiger partial charge in [-0.05, 0) is 73.4 Å². The van der Waals surface area contributed by atoms with E-state index < -0.39 is 10.8 Å². The number of rotatable bonds is 6. The van der Waals surface area contributed by atoms with Crippen LogP contribution in [0.4, 0.5) is 17.1 Å². The third-order valence-electron chi connectivity index (χ3n) is 6.38. The monoisotopic (exact) mass is 583 g/mol. The second-order valence-electron chi connectivity index (χ2n) is 9.13. The Balaban J connectivity index is 1.21. The van der Waals surface area contributed by atoms with Crippen LogP contribution in [0.5, 0.6) is 0 Å². The summed E-state index contributed by atoms with van der Waals surface area (Å²) in [5.74, 6) is -0.0369. The summed E-state index contributed by atoms with van der Waals surface area (Å²) in [6, 6.07) is 15.2. The number of nitro benzene ring substituents is 1. The molecule has 1 amide bonds. The number of aromatic nitrogens is 1. The van der Waals surface area contributed by atoms with E-state index in [2.05, 4.69) is 15.6 Å². The van der Waals surface area contributed by atoms with Crippen LogP contribution >= 0.6 is 35.4 Å². The minimum absolute atomic E-state index is 0.0704. The number of fused-ring (bicyclic) bond motifs is 1. The van der Waals surface area contributed by atoms with Gasteiger partial charge in [-0.15, -0.1) is 0 Å². The quantitative estimate of drug-likeness (QED) is 0.145. The van der Waals surface area contributed by atoms with Gasteiger partial charge >= 0.3 is 0 Å². The molecule has 1 aliphatic rings. The van der Waals surface area contributed by atoms with Crippen LogP contribution in [0, 0.1) is 10.1 Å². The second kappa shape index (κ2) is 11.6. The van der Waals surface area contributed by atoms with Crippen molar-refractivity contribution in [2.24, 2.45) is 0 Å². The number of oxazole rings is 1. The summed E-state index contributed by atoms with van der Waals surface area (Å²) in [4.78, 5) is 30.5. The maximum atomic E-state index is 12.8. The lowest BCUT2D eigenvalue weighted by Gasteiger charge is -2.28. The van der Waals surface area contributed by atoms with Gasteiger partial charge in [0.1, 0.15) is 11.2 Å². The van der Waals surface area contributed by atoms with E-state index in [-0.39, 0.29) is 16.4 Å². The lowest BCUT2D eigenvalue weighted by Crippen LogP contribution is -2.34. The van der Waals surface area contributed by atoms with Gasteiger partial charge in [-0.25, -0.2) is 4.98 Å². The molecule has 12 heteroatoms. The molecule has 4 aromatic rings. The first-order chi connectivity index (χ1) is 18.8. The first kappa shape index (κ1) is 26.9. The van der Waals surface area contributed by atoms with Crippen molar-refractivity contribution in [2.45, 2.75) is 25.7 Å². The van der Waals surface area contributed by atoms with Gasteiger partial charge in [-0.2, -0.15) is 0 Å². The van der Waals surface area contributed by atoms with Crippen molar-refractivity contribution >= 4 is 74.6 Å². The van der Waals surface area contributed by atoms with Crippen LogP contribution in [0.25, 0.3) is 11.1 Å². The molecule has 2 N–H and O–H groups in total. The first-order valence-corrected chi connectivity index (χ1v) is 13.4. The number of thiocarbonyl (C=S) groups is 1. The zero-order valence-corrected chi connectivity index (χ0v) is 22.9. The summed E-state index contributed by atoms with van der Waals surface area (Å²) in [6.07, 6.45) is 3.53. The van der Waals surface area contributed by atoms with Gasteiger partial charge in [0.05, 0.1) is 9.95 Å². The summed E-state index contributed by atoms with van der Waals surface area (Å²) in [5, 5.41) is 18.2. The molecule has 2 heterocycles. The Labute approximate surface area is 239 Å². The number of amides is 1. The maximum absolute atomic E-state index is 12.8. The normalized spacial score (nSPS) is 13.3. The molecular formula is C27H23Cl2N5O4S. The Morgan fingerprint density at radius 3 is 2.54 bits per heavy atom. The van der Waals surface area contributed by atoms with Crippen LogP contribution in [0.15, 0.2) is 59.0 Å². The van der Waals surface area contributed by atoms with Crippen LogP contribution < -0.4 is 15.5 Å². The third-order valence-corrected chi connectivity index (χ3v) is 7.08. The van der Waals surface area contributed by atoms with Crippen LogP contribution in [0.3, 0.4) is 0 Å². The number of carbonyl (C=O) groups is 1. The highest BCUT2D eigenvalue weighted by molar-refractivity contribution is 7.80. The number of nitrogens with one attached hydrogen (secondary N) is 2. The Morgan fingerprint density at radius 1 is 1.08 bits per heavy atom. The third kappa shape index (κ3) is 6.30. The predicted octanol–water partition coefficient (Wildman–Crippen LogP) is 6.75. The van der Waals surface area contributed by atoms with Crippen molar-refractivity contribution in [1.29, 1.82) is 0 Å². The number of nitro groups is 1. The minimum Gasteiger partial charge on any atom is -0.439 e. The van der Waals surface area contributed by atoms with E-state index >= 15 is 0 Å². The molecule has 0 saturated carbocycles. The molecule has 0 aliphatic carbocycles. The zero-order chi connectivity index (χ0) is 27.5. The lowest BCUT2D eigenvalue weighted by molar-refractivity contribution is -0.384. The minimum atomic E-state index is -0.535. The van der Waals surface area contributed by atoms with E-state index in [1.807, 2.05) is 17.0 Å². The smallest absolute Gasteiger partial charge is 0.293 e. The molecule has 0 bridgehead atoms. The molecule has 0 atom stereocenters. The van der Waals surface area contributed by atoms with Gasteiger partial charge in [-0.1, -0.05) is 35.3 Å². The number of hydrogen-bond acceptors (Lipinski definition) is 7. The molecule has 0 unspecified atom stereocenters. The summed E-state index contributed by atoms with van der Waals surface area (Å²) in [7, 11) is 0. The molecule has 0 spiro atoms. The summed E-state index contributed by atoms with van der Waals surface area (Å²) >= 11 is 17.5. The summed E-state index contributed by atoms with van der Waals surface area (Å²) < 4.78 is 5.77. The Bertz CT molecular complexity index is 1570. The maximum Gasteiger partial charge on any atom is 0.293 e. The second-order valence-corrected chi connectivity index (χ2v) is 10.4. The van der Waals surface area contributed by atoms with Crippen molar-refractivity contribution in [3.8, 4) is 0 Å². The topological polar surface area (TPSA) is 114 Å². The van der Waals surface area contributed by atoms with Crippen molar-refractivity contribution < 1.29 is 14.1 Å². The molecule has 1 saturated heterocycles. The molecule has 1 fully saturated rings. The molecular weight excluding hydrogens is 561 g/mol. The number of piperidine rings is 1. The van der Waals surface area contributed by atoms with Gasteiger partial charge in [0.2, 0.25) is 0 Å². The molecule has 0 radical (unpaired) electrons. The largest absolute Gasteiger partial charge is 0.439 e. The van der Waals surface area contributed by atoms with Crippen molar-refractivity contribution in [1.82, 2.24) is 10.3 Å². The first-order valence-electron chi connectivity index (χ1n) is 12.3. The number of nitrogens with zero attached hydrogens (tertiary/aromatic N) is 3. The van der Waals surface area contributed by atoms with E-state index in [4.69, 9.17) is 39.8 Å². The fraction of sp³-hybridized carbons (Fsp3) is 0.222. The SMILES string of the molecule is O=C(NC(=S)Nc1ccc(Cc2nc3cc(Cl)cc(Cl)c3o2)cc1)c1ccc(N2CCCCC2)c([N+](=O)[O-])c1. The van der Waals surface area contributed by atoms with Crippen LogP contribution in [-0.4, -0.2) is 34.0 Å². The average Bonchev–Trinajstić information content (AvgIpc) is 3.32. The molecule has 200 valence electrons. The van der Waals surface area contributed by atoms with Gasteiger partial charge in [-0.3, -0.25) is 20.2 Å². The lowest BCUT2D eigenvalue weighted by atomic mass is 10.1. The molecule has 5 rings (SSSR count). The molecule has 3 aromatic carbocycles. The van der Waals surface area contributed by atoms with E-state index in [1.165, 1.54) is 6.07 Å². The Kier molecular flexibility index (Phi) is 7.97. The van der Waals surface area contributed by atoms with Gasteiger partial charge < -0.3 is 14.6 Å². The fourth-order valence-corrected chi connectivity index (χ4v) is 5.24. The van der Waals surface area contributed by atoms with Crippen LogP contribution in [-0.2, 0) is 6.42 Å². The number of anilines is 2. The molecule has 1 aromatic heterocycles. The Hall–Kier alpha value is -3.73. The van der Waals surface area contributed by atoms with Crippen molar-refractivity contribution in [2.75, 3.05) is 23.3 Å². The average molecular weight is 584 g/mol. The highest BCUT2D eigenvalue weighted by atomic mass is 35.5. The highest BCUT2D eigenvalue weighted by Gasteiger charge is 2.23. The van der Waals surface area contributed by atoms with E-state index in [0.717, 1.165) is 37.9 Å². The zero-order valence-electron chi connectivity index (χ0n) is 20.6. The highest BCUT2D eigenvalue weighted by Crippen LogP contribution is 2.32.